The van der Waals surface area contributed by atoms with Crippen LogP contribution >= 0.6 is 27.7 Å². The Labute approximate surface area is 181 Å². The lowest BCUT2D eigenvalue weighted by atomic mass is 10.2. The standard InChI is InChI=1S/C21H19BrN4O2S/c1-3-27-18-10-8-17(9-11-18)26-20(15-4-6-16(22)7-5-15)23-24-21(26)29-13-19-12-14(2)25-28-19/h4-12H,3,13H2,1-2H3. The van der Waals surface area contributed by atoms with Crippen LogP contribution in [0.5, 0.6) is 5.75 Å². The summed E-state index contributed by atoms with van der Waals surface area (Å²) in [6.45, 7) is 4.51. The SMILES string of the molecule is CCOc1ccc(-n2c(SCc3cc(C)no3)nnc2-c2ccc(Br)cc2)cc1. The van der Waals surface area contributed by atoms with E-state index in [-0.39, 0.29) is 0 Å². The Bertz CT molecular complexity index is 1090. The molecule has 0 aliphatic rings. The molecule has 0 aliphatic heterocycles. The Morgan fingerprint density at radius 1 is 1.07 bits per heavy atom. The normalized spacial score (nSPS) is 11.0. The zero-order chi connectivity index (χ0) is 20.2. The zero-order valence-electron chi connectivity index (χ0n) is 16.0. The van der Waals surface area contributed by atoms with Crippen LogP contribution in [0.4, 0.5) is 0 Å². The number of rotatable bonds is 7. The Kier molecular flexibility index (Phi) is 6.01. The molecule has 0 spiro atoms. The van der Waals surface area contributed by atoms with E-state index in [2.05, 4.69) is 31.3 Å². The molecule has 0 atom stereocenters. The number of hydrogen-bond acceptors (Lipinski definition) is 6. The number of hydrogen-bond donors (Lipinski definition) is 0. The second-order valence-electron chi connectivity index (χ2n) is 6.30. The van der Waals surface area contributed by atoms with Gasteiger partial charge in [-0.3, -0.25) is 4.57 Å². The number of halogens is 1. The van der Waals surface area contributed by atoms with Crippen molar-refractivity contribution in [1.82, 2.24) is 19.9 Å². The molecule has 148 valence electrons. The van der Waals surface area contributed by atoms with Gasteiger partial charge >= 0.3 is 0 Å². The summed E-state index contributed by atoms with van der Waals surface area (Å²) in [7, 11) is 0. The van der Waals surface area contributed by atoms with Gasteiger partial charge in [-0.15, -0.1) is 10.2 Å². The number of benzene rings is 2. The maximum Gasteiger partial charge on any atom is 0.196 e. The third-order valence-electron chi connectivity index (χ3n) is 4.16. The van der Waals surface area contributed by atoms with Crippen LogP contribution in [0.2, 0.25) is 0 Å². The topological polar surface area (TPSA) is 66.0 Å². The predicted octanol–water partition coefficient (Wildman–Crippen LogP) is 5.68. The second kappa shape index (κ2) is 8.84. The van der Waals surface area contributed by atoms with E-state index in [4.69, 9.17) is 9.26 Å². The van der Waals surface area contributed by atoms with Crippen LogP contribution in [-0.4, -0.2) is 26.5 Å². The Morgan fingerprint density at radius 3 is 2.48 bits per heavy atom. The van der Waals surface area contributed by atoms with Gasteiger partial charge in [-0.05, 0) is 50.2 Å². The molecule has 0 saturated carbocycles. The fraction of sp³-hybridized carbons (Fsp3) is 0.190. The Morgan fingerprint density at radius 2 is 1.83 bits per heavy atom. The van der Waals surface area contributed by atoms with Gasteiger partial charge < -0.3 is 9.26 Å². The summed E-state index contributed by atoms with van der Waals surface area (Å²) >= 11 is 5.04. The van der Waals surface area contributed by atoms with Crippen molar-refractivity contribution in [2.24, 2.45) is 0 Å². The van der Waals surface area contributed by atoms with Crippen LogP contribution in [-0.2, 0) is 5.75 Å². The number of nitrogens with zero attached hydrogens (tertiary/aromatic N) is 4. The largest absolute Gasteiger partial charge is 0.494 e. The molecule has 2 aromatic heterocycles. The lowest BCUT2D eigenvalue weighted by Crippen LogP contribution is -2.00. The van der Waals surface area contributed by atoms with Crippen molar-refractivity contribution in [1.29, 1.82) is 0 Å². The summed E-state index contributed by atoms with van der Waals surface area (Å²) in [6.07, 6.45) is 0. The zero-order valence-corrected chi connectivity index (χ0v) is 18.4. The highest BCUT2D eigenvalue weighted by Gasteiger charge is 2.17. The molecule has 0 bridgehead atoms. The van der Waals surface area contributed by atoms with E-state index in [1.54, 1.807) is 11.8 Å². The van der Waals surface area contributed by atoms with Gasteiger partial charge in [0.1, 0.15) is 11.5 Å². The summed E-state index contributed by atoms with van der Waals surface area (Å²) in [5.74, 6) is 3.04. The molecule has 2 aromatic carbocycles. The van der Waals surface area contributed by atoms with Crippen LogP contribution in [0.3, 0.4) is 0 Å². The molecular formula is C21H19BrN4O2S. The number of aromatic nitrogens is 4. The quantitative estimate of drug-likeness (QED) is 0.323. The molecule has 0 fully saturated rings. The minimum atomic E-state index is 0.621. The van der Waals surface area contributed by atoms with Gasteiger partial charge in [0, 0.05) is 21.8 Å². The molecule has 0 radical (unpaired) electrons. The molecule has 29 heavy (non-hydrogen) atoms. The number of aryl methyl sites for hydroxylation is 1. The highest BCUT2D eigenvalue weighted by atomic mass is 79.9. The second-order valence-corrected chi connectivity index (χ2v) is 8.16. The lowest BCUT2D eigenvalue weighted by Gasteiger charge is -2.11. The summed E-state index contributed by atoms with van der Waals surface area (Å²) in [6, 6.07) is 17.9. The molecule has 0 saturated heterocycles. The van der Waals surface area contributed by atoms with Crippen LogP contribution < -0.4 is 4.74 Å². The molecule has 0 amide bonds. The third kappa shape index (κ3) is 4.54. The highest BCUT2D eigenvalue weighted by Crippen LogP contribution is 2.31. The van der Waals surface area contributed by atoms with Crippen molar-refractivity contribution in [3.8, 4) is 22.8 Å². The summed E-state index contributed by atoms with van der Waals surface area (Å²) in [4.78, 5) is 0. The van der Waals surface area contributed by atoms with Crippen molar-refractivity contribution in [3.63, 3.8) is 0 Å². The molecular weight excluding hydrogens is 452 g/mol. The summed E-state index contributed by atoms with van der Waals surface area (Å²) < 4.78 is 14.0. The van der Waals surface area contributed by atoms with E-state index >= 15 is 0 Å². The number of ether oxygens (including phenoxy) is 1. The monoisotopic (exact) mass is 470 g/mol. The first-order chi connectivity index (χ1) is 14.1. The summed E-state index contributed by atoms with van der Waals surface area (Å²) in [5, 5.41) is 13.6. The fourth-order valence-electron chi connectivity index (χ4n) is 2.86. The molecule has 8 heteroatoms. The van der Waals surface area contributed by atoms with E-state index in [1.807, 2.05) is 73.0 Å². The highest BCUT2D eigenvalue weighted by molar-refractivity contribution is 9.10. The van der Waals surface area contributed by atoms with Gasteiger partial charge in [0.2, 0.25) is 0 Å². The van der Waals surface area contributed by atoms with Crippen molar-refractivity contribution in [3.05, 3.63) is 70.5 Å². The van der Waals surface area contributed by atoms with Crippen LogP contribution in [0.15, 0.2) is 68.7 Å². The van der Waals surface area contributed by atoms with E-state index < -0.39 is 0 Å². The van der Waals surface area contributed by atoms with Crippen LogP contribution in [0.25, 0.3) is 17.1 Å². The minimum absolute atomic E-state index is 0.621. The van der Waals surface area contributed by atoms with Gasteiger partial charge in [0.05, 0.1) is 18.1 Å². The molecule has 4 rings (SSSR count). The predicted molar refractivity (Wildman–Crippen MR) is 116 cm³/mol. The molecule has 0 unspecified atom stereocenters. The van der Waals surface area contributed by atoms with Crippen molar-refractivity contribution < 1.29 is 9.26 Å². The molecule has 6 nitrogen and oxygen atoms in total. The average Bonchev–Trinajstić information content (AvgIpc) is 3.34. The Balaban J connectivity index is 1.71. The lowest BCUT2D eigenvalue weighted by molar-refractivity contribution is 0.340. The first-order valence-corrected chi connectivity index (χ1v) is 10.9. The fourth-order valence-corrected chi connectivity index (χ4v) is 3.95. The van der Waals surface area contributed by atoms with Gasteiger partial charge in [-0.25, -0.2) is 0 Å². The van der Waals surface area contributed by atoms with Gasteiger partial charge in [-0.1, -0.05) is 45.0 Å². The van der Waals surface area contributed by atoms with Gasteiger partial charge in [0.25, 0.3) is 0 Å². The van der Waals surface area contributed by atoms with Crippen LogP contribution in [0, 0.1) is 6.92 Å². The summed E-state index contributed by atoms with van der Waals surface area (Å²) in [5.41, 5.74) is 2.81. The molecule has 0 aliphatic carbocycles. The Hall–Kier alpha value is -2.58. The smallest absolute Gasteiger partial charge is 0.196 e. The minimum Gasteiger partial charge on any atom is -0.494 e. The molecule has 2 heterocycles. The first kappa shape index (κ1) is 19.7. The van der Waals surface area contributed by atoms with Crippen molar-refractivity contribution >= 4 is 27.7 Å². The van der Waals surface area contributed by atoms with E-state index in [1.165, 1.54) is 0 Å². The third-order valence-corrected chi connectivity index (χ3v) is 5.64. The maximum absolute atomic E-state index is 5.57. The average molecular weight is 471 g/mol. The van der Waals surface area contributed by atoms with Crippen LogP contribution in [0.1, 0.15) is 18.4 Å². The molecule has 4 aromatic rings. The van der Waals surface area contributed by atoms with E-state index in [0.717, 1.165) is 43.9 Å². The van der Waals surface area contributed by atoms with Gasteiger partial charge in [0.15, 0.2) is 11.0 Å². The van der Waals surface area contributed by atoms with Crippen molar-refractivity contribution in [2.45, 2.75) is 24.8 Å². The van der Waals surface area contributed by atoms with Crippen molar-refractivity contribution in [2.75, 3.05) is 6.61 Å². The molecule has 0 N–H and O–H groups in total. The first-order valence-electron chi connectivity index (χ1n) is 9.13. The van der Waals surface area contributed by atoms with E-state index in [9.17, 15) is 0 Å². The van der Waals surface area contributed by atoms with Gasteiger partial charge in [-0.2, -0.15) is 0 Å². The maximum atomic E-state index is 5.57. The van der Waals surface area contributed by atoms with E-state index in [0.29, 0.717) is 12.4 Å². The number of thioether (sulfide) groups is 1.